The molecule has 1 aliphatic heterocycles. The van der Waals surface area contributed by atoms with Crippen LogP contribution >= 0.6 is 11.8 Å². The largest absolute Gasteiger partial charge is 0.390 e. The Morgan fingerprint density at radius 3 is 2.90 bits per heavy atom. The second kappa shape index (κ2) is 6.81. The molecule has 1 aromatic carbocycles. The molecule has 1 amide bonds. The van der Waals surface area contributed by atoms with E-state index in [1.54, 1.807) is 11.8 Å². The molecule has 1 heterocycles. The predicted octanol–water partition coefficient (Wildman–Crippen LogP) is 1.25. The van der Waals surface area contributed by atoms with E-state index in [1.807, 2.05) is 24.3 Å². The fourth-order valence-electron chi connectivity index (χ4n) is 3.12. The molecule has 1 aromatic rings. The number of fused-ring (bicyclic) bond motifs is 1. The van der Waals surface area contributed by atoms with Gasteiger partial charge in [-0.2, -0.15) is 0 Å². The van der Waals surface area contributed by atoms with Crippen LogP contribution in [0.4, 0.5) is 0 Å². The van der Waals surface area contributed by atoms with Crippen LogP contribution in [0, 0.1) is 0 Å². The van der Waals surface area contributed by atoms with Crippen molar-refractivity contribution in [2.75, 3.05) is 18.8 Å². The van der Waals surface area contributed by atoms with E-state index in [0.717, 1.165) is 37.1 Å². The number of amides is 1. The number of aliphatic hydroxyl groups excluding tert-OH is 1. The quantitative estimate of drug-likeness (QED) is 0.783. The van der Waals surface area contributed by atoms with E-state index in [4.69, 9.17) is 0 Å². The lowest BCUT2D eigenvalue weighted by Gasteiger charge is -2.23. The van der Waals surface area contributed by atoms with Crippen molar-refractivity contribution in [2.24, 2.45) is 0 Å². The number of aliphatic hydroxyl groups is 1. The van der Waals surface area contributed by atoms with Crippen LogP contribution < -0.4 is 10.6 Å². The summed E-state index contributed by atoms with van der Waals surface area (Å²) >= 11 is 1.74. The van der Waals surface area contributed by atoms with E-state index in [0.29, 0.717) is 17.4 Å². The van der Waals surface area contributed by atoms with Crippen LogP contribution in [0.2, 0.25) is 0 Å². The molecular formula is C16H22N2O2S. The van der Waals surface area contributed by atoms with E-state index in [1.165, 1.54) is 0 Å². The van der Waals surface area contributed by atoms with Crippen molar-refractivity contribution in [2.45, 2.75) is 36.7 Å². The first-order chi connectivity index (χ1) is 10.2. The molecule has 0 radical (unpaired) electrons. The van der Waals surface area contributed by atoms with Crippen LogP contribution in [0.1, 0.15) is 30.0 Å². The van der Waals surface area contributed by atoms with Crippen molar-refractivity contribution in [1.29, 1.82) is 0 Å². The van der Waals surface area contributed by atoms with Crippen LogP contribution in [0.25, 0.3) is 0 Å². The van der Waals surface area contributed by atoms with Crippen molar-refractivity contribution in [3.8, 4) is 0 Å². The topological polar surface area (TPSA) is 61.4 Å². The minimum atomic E-state index is -0.504. The fraction of sp³-hybridized carbons (Fsp3) is 0.562. The molecule has 1 aliphatic carbocycles. The summed E-state index contributed by atoms with van der Waals surface area (Å²) in [6, 6.07) is 7.70. The van der Waals surface area contributed by atoms with Gasteiger partial charge in [-0.25, -0.2) is 0 Å². The molecule has 114 valence electrons. The van der Waals surface area contributed by atoms with E-state index in [9.17, 15) is 9.90 Å². The molecule has 2 aliphatic rings. The summed E-state index contributed by atoms with van der Waals surface area (Å²) in [7, 11) is 0. The molecular weight excluding hydrogens is 284 g/mol. The number of piperidine rings is 1. The molecule has 1 fully saturated rings. The standard InChI is InChI=1S/C16H22N2O2S/c19-14-9-11-3-1-2-4-13(11)16(14)18-15(20)10-21-12-5-7-17-8-6-12/h1-4,12,14,16-17,19H,5-10H2,(H,18,20)/t14-,16+/m1/s1. The Labute approximate surface area is 129 Å². The molecule has 3 N–H and O–H groups in total. The summed E-state index contributed by atoms with van der Waals surface area (Å²) in [5.41, 5.74) is 2.20. The third kappa shape index (κ3) is 3.59. The molecule has 4 nitrogen and oxygen atoms in total. The van der Waals surface area contributed by atoms with Gasteiger partial charge in [0.05, 0.1) is 17.9 Å². The van der Waals surface area contributed by atoms with Gasteiger partial charge in [-0.1, -0.05) is 24.3 Å². The van der Waals surface area contributed by atoms with Crippen molar-refractivity contribution >= 4 is 17.7 Å². The Balaban J connectivity index is 1.52. The van der Waals surface area contributed by atoms with Crippen LogP contribution in [0.15, 0.2) is 24.3 Å². The smallest absolute Gasteiger partial charge is 0.230 e. The second-order valence-corrected chi connectivity index (χ2v) is 7.06. The minimum absolute atomic E-state index is 0.0271. The predicted molar refractivity (Wildman–Crippen MR) is 85.4 cm³/mol. The number of carbonyl (C=O) groups is 1. The van der Waals surface area contributed by atoms with Gasteiger partial charge in [-0.3, -0.25) is 4.79 Å². The van der Waals surface area contributed by atoms with Crippen molar-refractivity contribution in [3.05, 3.63) is 35.4 Å². The SMILES string of the molecule is O=C(CSC1CCNCC1)N[C@H]1c2ccccc2C[C@H]1O. The van der Waals surface area contributed by atoms with E-state index in [-0.39, 0.29) is 11.9 Å². The van der Waals surface area contributed by atoms with E-state index >= 15 is 0 Å². The normalized spacial score (nSPS) is 25.6. The van der Waals surface area contributed by atoms with Gasteiger partial charge in [-0.05, 0) is 37.1 Å². The summed E-state index contributed by atoms with van der Waals surface area (Å²) in [6.45, 7) is 2.10. The monoisotopic (exact) mass is 306 g/mol. The molecule has 1 saturated heterocycles. The number of benzene rings is 1. The van der Waals surface area contributed by atoms with Crippen molar-refractivity contribution in [3.63, 3.8) is 0 Å². The van der Waals surface area contributed by atoms with Gasteiger partial charge in [-0.15, -0.1) is 11.8 Å². The highest BCUT2D eigenvalue weighted by Crippen LogP contribution is 2.31. The Kier molecular flexibility index (Phi) is 4.83. The molecule has 2 atom stereocenters. The molecule has 0 spiro atoms. The minimum Gasteiger partial charge on any atom is -0.390 e. The number of thioether (sulfide) groups is 1. The average Bonchev–Trinajstić information content (AvgIpc) is 2.82. The number of rotatable bonds is 4. The van der Waals surface area contributed by atoms with E-state index in [2.05, 4.69) is 10.6 Å². The van der Waals surface area contributed by atoms with Crippen molar-refractivity contribution < 1.29 is 9.90 Å². The Morgan fingerprint density at radius 2 is 2.10 bits per heavy atom. The number of nitrogens with one attached hydrogen (secondary N) is 2. The summed E-state index contributed by atoms with van der Waals surface area (Å²) in [5, 5.41) is 17.1. The molecule has 21 heavy (non-hydrogen) atoms. The highest BCUT2D eigenvalue weighted by molar-refractivity contribution is 8.00. The molecule has 0 saturated carbocycles. The van der Waals surface area contributed by atoms with Crippen LogP contribution in [-0.2, 0) is 11.2 Å². The number of hydrogen-bond acceptors (Lipinski definition) is 4. The van der Waals surface area contributed by atoms with Gasteiger partial charge in [0.2, 0.25) is 5.91 Å². The van der Waals surface area contributed by atoms with Gasteiger partial charge in [0.15, 0.2) is 0 Å². The van der Waals surface area contributed by atoms with Gasteiger partial charge in [0.1, 0.15) is 0 Å². The summed E-state index contributed by atoms with van der Waals surface area (Å²) in [5.74, 6) is 0.509. The zero-order valence-electron chi connectivity index (χ0n) is 12.0. The molecule has 5 heteroatoms. The first kappa shape index (κ1) is 14.9. The molecule has 3 rings (SSSR count). The summed E-state index contributed by atoms with van der Waals surface area (Å²) in [6.07, 6.45) is 2.39. The van der Waals surface area contributed by atoms with Gasteiger partial charge in [0.25, 0.3) is 0 Å². The van der Waals surface area contributed by atoms with Crippen LogP contribution in [-0.4, -0.2) is 41.2 Å². The first-order valence-electron chi connectivity index (χ1n) is 7.61. The van der Waals surface area contributed by atoms with Crippen LogP contribution in [0.5, 0.6) is 0 Å². The number of carbonyl (C=O) groups excluding carboxylic acids is 1. The Bertz CT molecular complexity index is 503. The zero-order chi connectivity index (χ0) is 14.7. The van der Waals surface area contributed by atoms with Crippen LogP contribution in [0.3, 0.4) is 0 Å². The molecule has 0 aromatic heterocycles. The summed E-state index contributed by atoms with van der Waals surface area (Å²) < 4.78 is 0. The fourth-order valence-corrected chi connectivity index (χ4v) is 4.16. The highest BCUT2D eigenvalue weighted by Gasteiger charge is 2.31. The third-order valence-corrected chi connectivity index (χ3v) is 5.63. The first-order valence-corrected chi connectivity index (χ1v) is 8.66. The molecule has 0 unspecified atom stereocenters. The maximum absolute atomic E-state index is 12.1. The maximum atomic E-state index is 12.1. The average molecular weight is 306 g/mol. The summed E-state index contributed by atoms with van der Waals surface area (Å²) in [4.78, 5) is 12.1. The third-order valence-electron chi connectivity index (χ3n) is 4.26. The Morgan fingerprint density at radius 1 is 1.33 bits per heavy atom. The van der Waals surface area contributed by atoms with Gasteiger partial charge >= 0.3 is 0 Å². The van der Waals surface area contributed by atoms with Gasteiger partial charge < -0.3 is 15.7 Å². The van der Waals surface area contributed by atoms with E-state index < -0.39 is 6.10 Å². The highest BCUT2D eigenvalue weighted by atomic mass is 32.2. The number of hydrogen-bond donors (Lipinski definition) is 3. The van der Waals surface area contributed by atoms with Crippen molar-refractivity contribution in [1.82, 2.24) is 10.6 Å². The zero-order valence-corrected chi connectivity index (χ0v) is 12.9. The lowest BCUT2D eigenvalue weighted by atomic mass is 10.1. The maximum Gasteiger partial charge on any atom is 0.230 e. The second-order valence-electron chi connectivity index (χ2n) is 5.78. The lowest BCUT2D eigenvalue weighted by molar-refractivity contribution is -0.120. The molecule has 0 bridgehead atoms. The Hall–Kier alpha value is -1.04. The van der Waals surface area contributed by atoms with Gasteiger partial charge in [0, 0.05) is 11.7 Å². The lowest BCUT2D eigenvalue weighted by Crippen LogP contribution is -2.36.